The molecule has 12 heterocycles. The van der Waals surface area contributed by atoms with Gasteiger partial charge in [-0.1, -0.05) is 87.0 Å². The number of hydrogen-bond acceptors (Lipinski definition) is 19. The Kier molecular flexibility index (Phi) is 71.7. The number of nitrogens with one attached hydrogen (secondary N) is 3. The molecule has 3 unspecified atom stereocenters. The molecule has 12 saturated heterocycles. The minimum atomic E-state index is -0.175. The SMILES string of the molecule is C1CCNC1.CC(C)(C)N1CCC1.CC(C)(C)N1CCCC(=O)C1.CC(C)(C)N1CCCCC1.CC(C)(C)N1CCCCC1.CC(C)(C)N1CCCCC1.CC(C)C.CC(C)CCN1CCCC1.CC(C)CN1CCCCC1.CC(C)N1CCCCCC1.CC(C)OCC1CNCCO1.CC(C)OCCN1CCNCC1.CCOC(=O)N1C(C)CN(C(C)C)CC1C. The van der Waals surface area contributed by atoms with E-state index >= 15 is 0 Å². The molecule has 127 heavy (non-hydrogen) atoms. The van der Waals surface area contributed by atoms with Crippen LogP contribution in [0.3, 0.4) is 0 Å². The van der Waals surface area contributed by atoms with Crippen molar-refractivity contribution in [2.45, 2.75) is 453 Å². The molecule has 0 aromatic rings. The molecule has 0 radical (unpaired) electrons. The zero-order valence-electron chi connectivity index (χ0n) is 91.4. The van der Waals surface area contributed by atoms with E-state index in [4.69, 9.17) is 18.9 Å². The van der Waals surface area contributed by atoms with Gasteiger partial charge >= 0.3 is 6.09 Å². The summed E-state index contributed by atoms with van der Waals surface area (Å²) in [5.74, 6) is 2.95. The first-order valence-corrected chi connectivity index (χ1v) is 53.4. The number of ether oxygens (including phenoxy) is 4. The van der Waals surface area contributed by atoms with E-state index in [0.717, 1.165) is 102 Å². The second-order valence-corrected chi connectivity index (χ2v) is 46.1. The number of Topliss-reactive ketones (excluding diaryl/α,β-unsaturated/α-hetero) is 1. The monoisotopic (exact) mass is 1800 g/mol. The number of amides is 1. The van der Waals surface area contributed by atoms with Gasteiger partial charge in [-0.15, -0.1) is 0 Å². The van der Waals surface area contributed by atoms with Crippen LogP contribution in [0.15, 0.2) is 0 Å². The fraction of sp³-hybridized carbons (Fsp3) is 0.981. The topological polar surface area (TPSA) is 143 Å². The van der Waals surface area contributed by atoms with Crippen LogP contribution in [0.25, 0.3) is 0 Å². The quantitative estimate of drug-likeness (QED) is 0.143. The number of morpholine rings is 1. The zero-order valence-corrected chi connectivity index (χ0v) is 91.4. The van der Waals surface area contributed by atoms with Crippen LogP contribution >= 0.6 is 0 Å². The fourth-order valence-electron chi connectivity index (χ4n) is 17.2. The third-order valence-corrected chi connectivity index (χ3v) is 25.4. The fourth-order valence-corrected chi connectivity index (χ4v) is 17.2. The van der Waals surface area contributed by atoms with Crippen molar-refractivity contribution in [1.29, 1.82) is 0 Å². The number of ketones is 1. The summed E-state index contributed by atoms with van der Waals surface area (Å²) in [6.45, 7) is 111. The maximum absolute atomic E-state index is 11.8. The number of hydrogen-bond donors (Lipinski definition) is 3. The molecule has 760 valence electrons. The van der Waals surface area contributed by atoms with Crippen molar-refractivity contribution in [2.75, 3.05) is 216 Å². The Bertz CT molecular complexity index is 2380. The lowest BCUT2D eigenvalue weighted by atomic mass is 10.0. The van der Waals surface area contributed by atoms with Gasteiger partial charge in [-0.2, -0.15) is 0 Å². The van der Waals surface area contributed by atoms with Gasteiger partial charge in [0.2, 0.25) is 0 Å². The summed E-state index contributed by atoms with van der Waals surface area (Å²) in [5, 5.41) is 9.81. The molecule has 20 nitrogen and oxygen atoms in total. The predicted octanol–water partition coefficient (Wildman–Crippen LogP) is 21.0. The molecule has 0 spiro atoms. The van der Waals surface area contributed by atoms with Gasteiger partial charge in [-0.3, -0.25) is 39.1 Å². The lowest BCUT2D eigenvalue weighted by Gasteiger charge is -2.45. The van der Waals surface area contributed by atoms with Gasteiger partial charge in [0, 0.05) is 124 Å². The molecule has 3 atom stereocenters. The lowest BCUT2D eigenvalue weighted by molar-refractivity contribution is -0.123. The first-order valence-electron chi connectivity index (χ1n) is 53.4. The van der Waals surface area contributed by atoms with Crippen LogP contribution in [0, 0.1) is 17.8 Å². The van der Waals surface area contributed by atoms with Crippen molar-refractivity contribution >= 4 is 11.9 Å². The summed E-state index contributed by atoms with van der Waals surface area (Å²) in [7, 11) is 0. The molecule has 12 fully saturated rings. The molecule has 3 N–H and O–H groups in total. The van der Waals surface area contributed by atoms with Gasteiger partial charge in [0.05, 0.1) is 51.3 Å². The van der Waals surface area contributed by atoms with Crippen LogP contribution in [0.5, 0.6) is 0 Å². The summed E-state index contributed by atoms with van der Waals surface area (Å²) in [6, 6.07) is 1.75. The van der Waals surface area contributed by atoms with Crippen molar-refractivity contribution in [3.63, 3.8) is 0 Å². The molecule has 0 aromatic carbocycles. The summed E-state index contributed by atoms with van der Waals surface area (Å²) in [5.41, 5.74) is 1.80. The number of nitrogens with zero attached hydrogens (tertiary/aromatic N) is 11. The Morgan fingerprint density at radius 1 is 0.394 bits per heavy atom. The zero-order chi connectivity index (χ0) is 96.0. The highest BCUT2D eigenvalue weighted by molar-refractivity contribution is 5.81. The van der Waals surface area contributed by atoms with Gasteiger partial charge in [-0.05, 0) is 425 Å². The third kappa shape index (κ3) is 68.9. The number of likely N-dealkylation sites (tertiary alicyclic amines) is 8. The number of carbonyl (C=O) groups is 2. The highest BCUT2D eigenvalue weighted by atomic mass is 16.6. The van der Waals surface area contributed by atoms with Crippen molar-refractivity contribution in [3.05, 3.63) is 0 Å². The summed E-state index contributed by atoms with van der Waals surface area (Å²) in [6.07, 6.45) is 33.7. The van der Waals surface area contributed by atoms with E-state index in [-0.39, 0.29) is 29.8 Å². The van der Waals surface area contributed by atoms with Crippen LogP contribution < -0.4 is 16.0 Å². The molecule has 0 aliphatic carbocycles. The molecule has 0 bridgehead atoms. The smallest absolute Gasteiger partial charge is 0.410 e. The van der Waals surface area contributed by atoms with E-state index in [1.165, 1.54) is 272 Å². The van der Waals surface area contributed by atoms with Crippen LogP contribution in [0.2, 0.25) is 0 Å². The molecular weight excluding hydrogens is 1580 g/mol. The van der Waals surface area contributed by atoms with Gasteiger partial charge in [0.25, 0.3) is 0 Å². The molecule has 20 heteroatoms. The van der Waals surface area contributed by atoms with E-state index in [0.29, 0.717) is 65.9 Å². The van der Waals surface area contributed by atoms with Crippen molar-refractivity contribution in [3.8, 4) is 0 Å². The van der Waals surface area contributed by atoms with E-state index < -0.39 is 0 Å². The highest BCUT2D eigenvalue weighted by Crippen LogP contribution is 2.25. The van der Waals surface area contributed by atoms with E-state index in [1.54, 1.807) is 0 Å². The van der Waals surface area contributed by atoms with Gasteiger partial charge in [0.15, 0.2) is 0 Å². The van der Waals surface area contributed by atoms with Gasteiger partial charge in [0.1, 0.15) is 5.78 Å². The molecule has 0 aromatic heterocycles. The second kappa shape index (κ2) is 72.6. The molecule has 12 aliphatic heterocycles. The third-order valence-electron chi connectivity index (χ3n) is 25.4. The average Bonchev–Trinajstić information content (AvgIpc) is 0.971. The van der Waals surface area contributed by atoms with Gasteiger partial charge in [-0.25, -0.2) is 4.79 Å². The summed E-state index contributed by atoms with van der Waals surface area (Å²) < 4.78 is 21.4. The highest BCUT2D eigenvalue weighted by Gasteiger charge is 2.35. The average molecular weight is 1810 g/mol. The Balaban J connectivity index is 0.00000137. The molecular formula is C107H226N14O6. The lowest BCUT2D eigenvalue weighted by Crippen LogP contribution is -2.59. The Morgan fingerprint density at radius 2 is 0.756 bits per heavy atom. The van der Waals surface area contributed by atoms with E-state index in [1.807, 2.05) is 25.7 Å². The van der Waals surface area contributed by atoms with Crippen molar-refractivity contribution < 1.29 is 28.5 Å². The Hall–Kier alpha value is -1.70. The Morgan fingerprint density at radius 3 is 1.07 bits per heavy atom. The molecule has 1 amide bonds. The summed E-state index contributed by atoms with van der Waals surface area (Å²) >= 11 is 0. The van der Waals surface area contributed by atoms with Crippen LogP contribution in [0.4, 0.5) is 4.79 Å². The number of carbonyl (C=O) groups excluding carboxylic acids is 2. The minimum Gasteiger partial charge on any atom is -0.450 e. The Labute approximate surface area is 792 Å². The summed E-state index contributed by atoms with van der Waals surface area (Å²) in [4.78, 5) is 49.8. The van der Waals surface area contributed by atoms with Crippen molar-refractivity contribution in [2.24, 2.45) is 17.8 Å². The molecule has 0 saturated carbocycles. The molecule has 12 rings (SSSR count). The predicted molar refractivity (Wildman–Crippen MR) is 554 cm³/mol. The second-order valence-electron chi connectivity index (χ2n) is 46.1. The van der Waals surface area contributed by atoms with Crippen LogP contribution in [-0.2, 0) is 23.7 Å². The van der Waals surface area contributed by atoms with Crippen LogP contribution in [0.1, 0.15) is 383 Å². The maximum atomic E-state index is 11.8. The number of rotatable bonds is 15. The van der Waals surface area contributed by atoms with Crippen molar-refractivity contribution in [1.82, 2.24) is 69.8 Å². The first-order chi connectivity index (χ1) is 59.6. The van der Waals surface area contributed by atoms with Gasteiger partial charge < -0.3 is 54.5 Å². The largest absolute Gasteiger partial charge is 0.450 e. The molecule has 12 aliphatic rings. The normalized spacial score (nSPS) is 22.8. The number of piperazine rings is 2. The van der Waals surface area contributed by atoms with E-state index in [9.17, 15) is 9.59 Å². The van der Waals surface area contributed by atoms with E-state index in [2.05, 4.69) is 273 Å². The first kappa shape index (κ1) is 125. The standard InChI is InChI=1S/C12H24N2O2.C9H20N2O.C9H17NO.6C9H19N.C8H17NO2.C7H15N.C4H9N.C4H10/c1-6-16-12(15)14-10(4)7-13(9(2)3)8-11(14)5;1-9(2)12-8-7-11-5-3-10-4-6-11;1-9(2,3)10-6-4-5-8(11)7-10;3*1-9(2,3)10-7-5-4-6-8-10;1-9(2)5-8-10-6-3-4-7-10;1-9(2)8-10-6-4-3-5-7-10;1-9(2)10-7-5-3-4-6-8-10;1-7(2)11-6-8-5-9-3-4-10-8;1-7(2,3)8-5-4-6-8;1-2-4-5-3-1;1-4(2)3/h9-11H,6-8H2,1-5H3;9-10H,3-8H2,1-2H3;4-7H2,1-3H3;3*4-8H2,1-3H3;3*9H,3-8H2,1-2H3;7-9H,3-6H2,1-2H3;4-6H2,1-3H3;5H,1-4H2;4H,1-3H3. The van der Waals surface area contributed by atoms with Crippen LogP contribution in [-0.4, -0.2) is 352 Å². The minimum absolute atomic E-state index is 0.163. The maximum Gasteiger partial charge on any atom is 0.410 e. The number of piperidine rings is 5.